The van der Waals surface area contributed by atoms with Crippen LogP contribution in [0.25, 0.3) is 34.4 Å². The zero-order valence-electron chi connectivity index (χ0n) is 27.3. The molecule has 0 radical (unpaired) electrons. The van der Waals surface area contributed by atoms with Crippen molar-refractivity contribution in [3.8, 4) is 22.3 Å². The predicted octanol–water partition coefficient (Wildman–Crippen LogP) is 12.2. The van der Waals surface area contributed by atoms with E-state index in [9.17, 15) is 0 Å². The fourth-order valence-electron chi connectivity index (χ4n) is 8.59. The average Bonchev–Trinajstić information content (AvgIpc) is 3.67. The third kappa shape index (κ3) is 4.87. The summed E-state index contributed by atoms with van der Waals surface area (Å²) in [6, 6.07) is 32.2. The normalized spacial score (nSPS) is 18.8. The van der Waals surface area contributed by atoms with E-state index in [4.69, 9.17) is 0 Å². The van der Waals surface area contributed by atoms with Crippen molar-refractivity contribution in [2.45, 2.75) is 68.3 Å². The van der Waals surface area contributed by atoms with E-state index in [0.29, 0.717) is 13.3 Å². The van der Waals surface area contributed by atoms with Crippen LogP contribution in [0, 0.1) is 5.92 Å². The van der Waals surface area contributed by atoms with Crippen molar-refractivity contribution in [1.82, 2.24) is 0 Å². The van der Waals surface area contributed by atoms with E-state index in [1.165, 1.54) is 55.6 Å². The van der Waals surface area contributed by atoms with E-state index in [-0.39, 0.29) is 0 Å². The molecule has 43 heavy (non-hydrogen) atoms. The molecule has 2 aliphatic carbocycles. The van der Waals surface area contributed by atoms with Crippen LogP contribution in [0.4, 0.5) is 0 Å². The minimum atomic E-state index is -4.54. The van der Waals surface area contributed by atoms with Gasteiger partial charge >= 0.3 is 259 Å². The Balaban J connectivity index is 1.57. The third-order valence-corrected chi connectivity index (χ3v) is 40.4. The first-order chi connectivity index (χ1) is 20.5. The minimum absolute atomic E-state index is 0.421. The van der Waals surface area contributed by atoms with Gasteiger partial charge in [-0.3, -0.25) is 0 Å². The van der Waals surface area contributed by atoms with E-state index in [1.807, 2.05) is 0 Å². The summed E-state index contributed by atoms with van der Waals surface area (Å²) >= 11 is -4.54. The van der Waals surface area contributed by atoms with Gasteiger partial charge in [-0.05, 0) is 0 Å². The van der Waals surface area contributed by atoms with Crippen molar-refractivity contribution in [2.24, 2.45) is 5.92 Å². The van der Waals surface area contributed by atoms with Crippen molar-refractivity contribution in [3.63, 3.8) is 0 Å². The van der Waals surface area contributed by atoms with Crippen LogP contribution in [0.5, 0.6) is 0 Å². The van der Waals surface area contributed by atoms with E-state index < -0.39 is 16.5 Å². The van der Waals surface area contributed by atoms with E-state index >= 15 is 0 Å². The molecule has 0 fully saturated rings. The summed E-state index contributed by atoms with van der Waals surface area (Å²) in [5.74, 6) is 0.630. The number of benzene rings is 4. The van der Waals surface area contributed by atoms with Crippen LogP contribution in [-0.2, 0) is 29.4 Å². The van der Waals surface area contributed by atoms with Gasteiger partial charge in [0.15, 0.2) is 0 Å². The molecule has 0 heterocycles. The molecule has 0 amide bonds. The zero-order chi connectivity index (χ0) is 30.5. The van der Waals surface area contributed by atoms with Crippen LogP contribution in [0.1, 0.15) is 74.8 Å². The van der Waals surface area contributed by atoms with Crippen molar-refractivity contribution in [1.29, 1.82) is 0 Å². The molecule has 2 atom stereocenters. The van der Waals surface area contributed by atoms with Gasteiger partial charge in [-0.25, -0.2) is 0 Å². The fraction of sp³-hybridized carbons (Fsp3) is 0.310. The maximum absolute atomic E-state index is 4.54. The molecule has 0 bridgehead atoms. The first-order valence-corrected chi connectivity index (χ1v) is 33.6. The van der Waals surface area contributed by atoms with Gasteiger partial charge in [-0.2, -0.15) is 0 Å². The molecule has 0 N–H and O–H groups in total. The molecule has 0 saturated carbocycles. The van der Waals surface area contributed by atoms with Crippen LogP contribution in [-0.4, -0.2) is 3.76 Å². The monoisotopic (exact) mass is 733 g/mol. The van der Waals surface area contributed by atoms with Gasteiger partial charge in [0.25, 0.3) is 0 Å². The summed E-state index contributed by atoms with van der Waals surface area (Å²) in [5, 5.41) is 0. The summed E-state index contributed by atoms with van der Waals surface area (Å²) in [6.45, 7) is 9.31. The van der Waals surface area contributed by atoms with E-state index in [0.717, 1.165) is 19.3 Å². The van der Waals surface area contributed by atoms with E-state index in [1.54, 1.807) is 0 Å². The Labute approximate surface area is 258 Å². The molecule has 0 aliphatic heterocycles. The Morgan fingerprint density at radius 3 is 1.42 bits per heavy atom. The third-order valence-electron chi connectivity index (χ3n) is 11.3. The second kappa shape index (κ2) is 10.6. The predicted molar refractivity (Wildman–Crippen MR) is 189 cm³/mol. The van der Waals surface area contributed by atoms with Gasteiger partial charge in [0.1, 0.15) is 0 Å². The van der Waals surface area contributed by atoms with Crippen LogP contribution >= 0.6 is 0 Å². The summed E-state index contributed by atoms with van der Waals surface area (Å²) in [5.41, 5.74) is 14.3. The van der Waals surface area contributed by atoms with Crippen molar-refractivity contribution in [3.05, 3.63) is 130 Å². The molecule has 4 aromatic carbocycles. The van der Waals surface area contributed by atoms with Crippen molar-refractivity contribution in [2.75, 3.05) is 0 Å². The molecule has 1 heteroatoms. The number of aryl methyl sites for hydroxylation is 2. The molecule has 0 aromatic heterocycles. The molecule has 0 nitrogen and oxygen atoms in total. The Kier molecular flexibility index (Phi) is 7.45. The Morgan fingerprint density at radius 1 is 0.581 bits per heavy atom. The summed E-state index contributed by atoms with van der Waals surface area (Å²) in [4.78, 5) is 0. The maximum atomic E-state index is 2.91. The topological polar surface area (TPSA) is 0 Å². The molecule has 0 saturated heterocycles. The van der Waals surface area contributed by atoms with Gasteiger partial charge in [0.05, 0.1) is 0 Å². The Hall–Kier alpha value is -2.90. The van der Waals surface area contributed by atoms with Crippen LogP contribution in [0.2, 0.25) is 14.0 Å². The SMILES string of the molecule is CCc1ccccc1-c1cccc2c1C=C[CH]2[Hf]([CH3])([CH3])([CH3])(=[CH]CC(C)C)[CH]1C=Cc2c(-c3ccccc3CC)cccc21. The number of hydrogen-bond acceptors (Lipinski definition) is 0. The van der Waals surface area contributed by atoms with Crippen molar-refractivity contribution >= 4 is 15.9 Å². The van der Waals surface area contributed by atoms with Gasteiger partial charge in [0, 0.05) is 0 Å². The summed E-state index contributed by atoms with van der Waals surface area (Å²) < 4.78 is 12.1. The molecular formula is C42H49Hf. The second-order valence-electron chi connectivity index (χ2n) is 15.7. The average molecular weight is 732 g/mol. The first-order valence-electron chi connectivity index (χ1n) is 16.6. The first kappa shape index (κ1) is 30.1. The molecule has 2 aliphatic rings. The second-order valence-corrected chi connectivity index (χ2v) is 54.7. The Bertz CT molecular complexity index is 1730. The van der Waals surface area contributed by atoms with Gasteiger partial charge in [-0.1, -0.05) is 0 Å². The number of fused-ring (bicyclic) bond motifs is 2. The van der Waals surface area contributed by atoms with Crippen molar-refractivity contribution < 1.29 is 16.5 Å². The number of allylic oxidation sites excluding steroid dienone is 2. The van der Waals surface area contributed by atoms with Gasteiger partial charge in [0.2, 0.25) is 0 Å². The van der Waals surface area contributed by atoms with Crippen LogP contribution in [0.3, 0.4) is 0 Å². The summed E-state index contributed by atoms with van der Waals surface area (Å²) in [6.07, 6.45) is 13.4. The number of hydrogen-bond donors (Lipinski definition) is 0. The van der Waals surface area contributed by atoms with E-state index in [2.05, 4.69) is 155 Å². The standard InChI is InChI=1S/2C17H15.C5H10.3CH3.Hf/c2*1-2-13-7-3-4-10-15(13)17-12-6-9-14-8-5-11-16(14)17;1-4-5(2)3;;;;/h2*3-12H,2H2,1H3;1,5H,4H2,2-3H3;3*1H3;. The fourth-order valence-corrected chi connectivity index (χ4v) is 34.5. The zero-order valence-corrected chi connectivity index (χ0v) is 30.9. The molecule has 0 spiro atoms. The van der Waals surface area contributed by atoms with Gasteiger partial charge in [-0.15, -0.1) is 0 Å². The molecule has 4 aromatic rings. The van der Waals surface area contributed by atoms with Crippen LogP contribution < -0.4 is 0 Å². The summed E-state index contributed by atoms with van der Waals surface area (Å²) in [7, 11) is 0. The quantitative estimate of drug-likeness (QED) is 0.158. The molecule has 6 rings (SSSR count). The Morgan fingerprint density at radius 2 is 1.00 bits per heavy atom. The van der Waals surface area contributed by atoms with Crippen LogP contribution in [0.15, 0.2) is 97.1 Å². The molecular weight excluding hydrogens is 683 g/mol. The molecule has 221 valence electrons. The number of rotatable bonds is 8. The van der Waals surface area contributed by atoms with Gasteiger partial charge < -0.3 is 0 Å². The molecule has 2 unspecified atom stereocenters.